The Morgan fingerprint density at radius 1 is 1.02 bits per heavy atom. The number of rotatable bonds is 10. The molecule has 5 rings (SSSR count). The van der Waals surface area contributed by atoms with Crippen molar-refractivity contribution in [2.24, 2.45) is 5.73 Å². The van der Waals surface area contributed by atoms with Gasteiger partial charge in [0, 0.05) is 31.6 Å². The van der Waals surface area contributed by atoms with E-state index in [0.29, 0.717) is 48.8 Å². The number of hydrogen-bond donors (Lipinski definition) is 3. The van der Waals surface area contributed by atoms with Crippen LogP contribution in [0.5, 0.6) is 11.5 Å². The van der Waals surface area contributed by atoms with Crippen molar-refractivity contribution in [3.05, 3.63) is 65.7 Å². The summed E-state index contributed by atoms with van der Waals surface area (Å²) in [7, 11) is -1.05. The highest BCUT2D eigenvalue weighted by atomic mass is 32.2. The van der Waals surface area contributed by atoms with Crippen LogP contribution >= 0.6 is 0 Å². The molecule has 2 saturated heterocycles. The minimum absolute atomic E-state index is 0.00461. The molecule has 12 nitrogen and oxygen atoms in total. The molecule has 2 aliphatic heterocycles. The number of nitrogen functional groups attached to an aromatic ring is 1. The number of methoxy groups -OCH3 is 2. The molecule has 3 aromatic rings. The lowest BCUT2D eigenvalue weighted by Crippen LogP contribution is -2.54. The highest BCUT2D eigenvalue weighted by Gasteiger charge is 2.42. The van der Waals surface area contributed by atoms with Gasteiger partial charge >= 0.3 is 0 Å². The molecule has 0 bridgehead atoms. The summed E-state index contributed by atoms with van der Waals surface area (Å²) in [6, 6.07) is 13.2. The number of amidine groups is 1. The Labute approximate surface area is 250 Å². The lowest BCUT2D eigenvalue weighted by molar-refractivity contribution is -0.146. The Bertz CT molecular complexity index is 1640. The number of benzene rings is 3. The lowest BCUT2D eigenvalue weighted by atomic mass is 10.0. The zero-order chi connectivity index (χ0) is 30.7. The van der Waals surface area contributed by atoms with Gasteiger partial charge in [0.1, 0.15) is 17.9 Å². The van der Waals surface area contributed by atoms with E-state index in [1.54, 1.807) is 47.4 Å². The number of sulfonamides is 1. The number of nitrogens with one attached hydrogen (secondary N) is 2. The normalized spacial score (nSPS) is 18.1. The summed E-state index contributed by atoms with van der Waals surface area (Å²) in [6.07, 6.45) is 0.447. The first-order chi connectivity index (χ1) is 20.6. The molecule has 43 heavy (non-hydrogen) atoms. The molecule has 2 heterocycles. The van der Waals surface area contributed by atoms with Crippen LogP contribution in [0.3, 0.4) is 0 Å². The van der Waals surface area contributed by atoms with E-state index in [-0.39, 0.29) is 36.0 Å². The van der Waals surface area contributed by atoms with Crippen molar-refractivity contribution in [1.29, 1.82) is 5.41 Å². The predicted octanol–water partition coefficient (Wildman–Crippen LogP) is 1.49. The molecule has 0 spiro atoms. The van der Waals surface area contributed by atoms with Gasteiger partial charge in [-0.3, -0.25) is 15.0 Å². The van der Waals surface area contributed by atoms with Crippen LogP contribution in [0.25, 0.3) is 10.8 Å². The highest BCUT2D eigenvalue weighted by molar-refractivity contribution is 7.89. The van der Waals surface area contributed by atoms with Crippen molar-refractivity contribution < 1.29 is 32.2 Å². The number of fused-ring (bicyclic) bond motifs is 1. The third kappa shape index (κ3) is 6.43. The van der Waals surface area contributed by atoms with Gasteiger partial charge in [0.15, 0.2) is 11.5 Å². The van der Waals surface area contributed by atoms with Crippen LogP contribution in [-0.4, -0.2) is 95.0 Å². The van der Waals surface area contributed by atoms with E-state index in [2.05, 4.69) is 4.72 Å². The van der Waals surface area contributed by atoms with Crippen LogP contribution < -0.4 is 19.9 Å². The van der Waals surface area contributed by atoms with Crippen LogP contribution in [-0.2, 0) is 30.8 Å². The Morgan fingerprint density at radius 3 is 2.30 bits per heavy atom. The van der Waals surface area contributed by atoms with E-state index in [9.17, 15) is 18.0 Å². The van der Waals surface area contributed by atoms with Gasteiger partial charge in [0.2, 0.25) is 21.8 Å². The number of carbonyl (C=O) groups excluding carboxylic acids is 2. The van der Waals surface area contributed by atoms with Gasteiger partial charge in [-0.05, 0) is 47.0 Å². The molecule has 0 aliphatic carbocycles. The van der Waals surface area contributed by atoms with Crippen LogP contribution in [0.2, 0.25) is 0 Å². The standard InChI is InChI=1S/C30H35N5O7S/c1-40-26-17-21-7-8-23(16-22(21)18-27(26)41-2)43(38,39)33-24-9-10-35(29(24)36)25(30(37)34-11-13-42-14-12-34)15-19-3-5-20(6-4-19)28(31)32/h3-8,16-18,24-25,33H,9-15H2,1-2H3,(H3,31,32). The van der Waals surface area contributed by atoms with Crippen LogP contribution in [0.15, 0.2) is 59.5 Å². The first-order valence-electron chi connectivity index (χ1n) is 13.9. The molecule has 2 unspecified atom stereocenters. The molecule has 2 atom stereocenters. The number of likely N-dealkylation sites (tertiary alicyclic amines) is 1. The van der Waals surface area contributed by atoms with Gasteiger partial charge in [0.05, 0.1) is 32.3 Å². The number of ether oxygens (including phenoxy) is 3. The smallest absolute Gasteiger partial charge is 0.245 e. The van der Waals surface area contributed by atoms with Crippen molar-refractivity contribution in [2.75, 3.05) is 47.1 Å². The third-order valence-electron chi connectivity index (χ3n) is 7.84. The first-order valence-corrected chi connectivity index (χ1v) is 15.4. The minimum atomic E-state index is -4.08. The van der Waals surface area contributed by atoms with Crippen molar-refractivity contribution in [1.82, 2.24) is 14.5 Å². The number of carbonyl (C=O) groups is 2. The maximum absolute atomic E-state index is 13.7. The molecule has 4 N–H and O–H groups in total. The first kappa shape index (κ1) is 30.3. The van der Waals surface area contributed by atoms with Crippen molar-refractivity contribution in [3.63, 3.8) is 0 Å². The summed E-state index contributed by atoms with van der Waals surface area (Å²) in [5.41, 5.74) is 6.92. The fourth-order valence-electron chi connectivity index (χ4n) is 5.47. The van der Waals surface area contributed by atoms with Gasteiger partial charge in [-0.1, -0.05) is 30.3 Å². The zero-order valence-corrected chi connectivity index (χ0v) is 24.9. The molecular formula is C30H35N5O7S. The fraction of sp³-hybridized carbons (Fsp3) is 0.367. The molecule has 13 heteroatoms. The number of nitrogens with two attached hydrogens (primary N) is 1. The monoisotopic (exact) mass is 609 g/mol. The quantitative estimate of drug-likeness (QED) is 0.230. The molecule has 3 aromatic carbocycles. The Hall–Kier alpha value is -4.20. The van der Waals surface area contributed by atoms with E-state index in [1.807, 2.05) is 0 Å². The predicted molar refractivity (Wildman–Crippen MR) is 160 cm³/mol. The summed E-state index contributed by atoms with van der Waals surface area (Å²) in [5, 5.41) is 9.02. The fourth-order valence-corrected chi connectivity index (χ4v) is 6.72. The second-order valence-electron chi connectivity index (χ2n) is 10.5. The second-order valence-corrected chi connectivity index (χ2v) is 12.2. The maximum Gasteiger partial charge on any atom is 0.245 e. The average Bonchev–Trinajstić information content (AvgIpc) is 3.37. The number of nitrogens with zero attached hydrogens (tertiary/aromatic N) is 2. The summed E-state index contributed by atoms with van der Waals surface area (Å²) >= 11 is 0. The van der Waals surface area contributed by atoms with Crippen LogP contribution in [0, 0.1) is 5.41 Å². The van der Waals surface area contributed by atoms with Crippen LogP contribution in [0.4, 0.5) is 0 Å². The molecule has 0 radical (unpaired) electrons. The topological polar surface area (TPSA) is 164 Å². The average molecular weight is 610 g/mol. The van der Waals surface area contributed by atoms with Crippen molar-refractivity contribution in [3.8, 4) is 11.5 Å². The van der Waals surface area contributed by atoms with E-state index < -0.39 is 28.0 Å². The summed E-state index contributed by atoms with van der Waals surface area (Å²) in [6.45, 7) is 1.86. The second kappa shape index (κ2) is 12.6. The van der Waals surface area contributed by atoms with Gasteiger partial charge in [0.25, 0.3) is 0 Å². The highest BCUT2D eigenvalue weighted by Crippen LogP contribution is 2.33. The summed E-state index contributed by atoms with van der Waals surface area (Å²) in [4.78, 5) is 30.5. The number of morpholine rings is 1. The Morgan fingerprint density at radius 2 is 1.67 bits per heavy atom. The Balaban J connectivity index is 1.37. The minimum Gasteiger partial charge on any atom is -0.493 e. The largest absolute Gasteiger partial charge is 0.493 e. The van der Waals surface area contributed by atoms with E-state index in [4.69, 9.17) is 25.4 Å². The molecule has 0 aromatic heterocycles. The lowest BCUT2D eigenvalue weighted by Gasteiger charge is -2.34. The van der Waals surface area contributed by atoms with E-state index in [0.717, 1.165) is 10.9 Å². The molecule has 0 saturated carbocycles. The Kier molecular flexibility index (Phi) is 8.85. The van der Waals surface area contributed by atoms with E-state index in [1.165, 1.54) is 31.3 Å². The van der Waals surface area contributed by atoms with Crippen molar-refractivity contribution in [2.45, 2.75) is 29.8 Å². The number of hydrogen-bond acceptors (Lipinski definition) is 8. The SMILES string of the molecule is COc1cc2ccc(S(=O)(=O)NC3CCN(C(Cc4ccc(C(=N)N)cc4)C(=O)N4CCOCC4)C3=O)cc2cc1OC. The molecular weight excluding hydrogens is 574 g/mol. The van der Waals surface area contributed by atoms with Gasteiger partial charge < -0.3 is 29.7 Å². The maximum atomic E-state index is 13.7. The molecule has 228 valence electrons. The van der Waals surface area contributed by atoms with Gasteiger partial charge in [-0.2, -0.15) is 4.72 Å². The number of amides is 2. The third-order valence-corrected chi connectivity index (χ3v) is 9.31. The molecule has 2 fully saturated rings. The van der Waals surface area contributed by atoms with Crippen molar-refractivity contribution >= 4 is 38.4 Å². The van der Waals surface area contributed by atoms with Gasteiger partial charge in [-0.25, -0.2) is 8.42 Å². The molecule has 2 aliphatic rings. The van der Waals surface area contributed by atoms with Crippen LogP contribution in [0.1, 0.15) is 17.5 Å². The molecule has 2 amide bonds. The van der Waals surface area contributed by atoms with E-state index >= 15 is 0 Å². The summed E-state index contributed by atoms with van der Waals surface area (Å²) < 4.78 is 45.5. The summed E-state index contributed by atoms with van der Waals surface area (Å²) in [5.74, 6) is 0.252. The van der Waals surface area contributed by atoms with Gasteiger partial charge in [-0.15, -0.1) is 0 Å². The zero-order valence-electron chi connectivity index (χ0n) is 24.0.